The zero-order valence-electron chi connectivity index (χ0n) is 14.4. The van der Waals surface area contributed by atoms with Crippen LogP contribution in [0.25, 0.3) is 6.08 Å². The van der Waals surface area contributed by atoms with Crippen LogP contribution in [0, 0.1) is 0 Å². The second-order valence-electron chi connectivity index (χ2n) is 5.60. The summed E-state index contributed by atoms with van der Waals surface area (Å²) in [6.45, 7) is 1.78. The van der Waals surface area contributed by atoms with E-state index in [1.54, 1.807) is 31.2 Å². The van der Waals surface area contributed by atoms with E-state index in [1.165, 1.54) is 0 Å². The van der Waals surface area contributed by atoms with Crippen molar-refractivity contribution in [3.8, 4) is 17.2 Å². The van der Waals surface area contributed by atoms with Gasteiger partial charge in [-0.25, -0.2) is 5.43 Å². The first-order valence-corrected chi connectivity index (χ1v) is 8.75. The number of carbonyl (C=O) groups excluding carboxylic acids is 1. The summed E-state index contributed by atoms with van der Waals surface area (Å²) >= 11 is 11.8. The molecule has 0 unspecified atom stereocenters. The van der Waals surface area contributed by atoms with Crippen molar-refractivity contribution in [1.82, 2.24) is 5.43 Å². The highest BCUT2D eigenvalue weighted by molar-refractivity contribution is 6.35. The molecule has 1 heterocycles. The van der Waals surface area contributed by atoms with E-state index < -0.39 is 5.91 Å². The topological polar surface area (TPSA) is 69.2 Å². The van der Waals surface area contributed by atoms with Crippen LogP contribution in [0.15, 0.2) is 47.6 Å². The molecule has 2 aromatic carbocycles. The van der Waals surface area contributed by atoms with Gasteiger partial charge in [0.15, 0.2) is 18.1 Å². The number of nitrogens with zero attached hydrogens (tertiary/aromatic N) is 1. The standard InChI is InChI=1S/C19H16Cl2N2O4/c1-12(2-3-13-4-6-17-18(8-13)27-11-26-17)22-23-19(24)10-25-16-7-5-14(20)9-15(16)21/h2-9H,10-11H2,1H3,(H,23,24)/b3-2+,22-12-. The SMILES string of the molecule is CC(/C=C/c1ccc2c(c1)OCO2)=N/NC(=O)COc1ccc(Cl)cc1Cl. The molecule has 0 saturated carbocycles. The predicted octanol–water partition coefficient (Wildman–Crippen LogP) is 4.31. The Morgan fingerprint density at radius 3 is 2.85 bits per heavy atom. The van der Waals surface area contributed by atoms with E-state index >= 15 is 0 Å². The summed E-state index contributed by atoms with van der Waals surface area (Å²) in [5.41, 5.74) is 3.97. The van der Waals surface area contributed by atoms with Gasteiger partial charge < -0.3 is 14.2 Å². The average molecular weight is 407 g/mol. The van der Waals surface area contributed by atoms with Crippen molar-refractivity contribution >= 4 is 40.9 Å². The van der Waals surface area contributed by atoms with E-state index in [-0.39, 0.29) is 13.4 Å². The second-order valence-corrected chi connectivity index (χ2v) is 6.44. The molecular formula is C19H16Cl2N2O4. The largest absolute Gasteiger partial charge is 0.482 e. The second kappa shape index (κ2) is 8.79. The molecular weight excluding hydrogens is 391 g/mol. The Labute approximate surface area is 166 Å². The van der Waals surface area contributed by atoms with Gasteiger partial charge in [-0.1, -0.05) is 35.3 Å². The van der Waals surface area contributed by atoms with E-state index in [9.17, 15) is 4.79 Å². The minimum atomic E-state index is -0.406. The van der Waals surface area contributed by atoms with Crippen LogP contribution in [0.5, 0.6) is 17.2 Å². The third kappa shape index (κ3) is 5.39. The first kappa shape index (κ1) is 19.1. The lowest BCUT2D eigenvalue weighted by molar-refractivity contribution is -0.123. The summed E-state index contributed by atoms with van der Waals surface area (Å²) < 4.78 is 15.9. The van der Waals surface area contributed by atoms with Gasteiger partial charge in [0, 0.05) is 5.02 Å². The summed E-state index contributed by atoms with van der Waals surface area (Å²) in [5, 5.41) is 4.83. The molecule has 0 fully saturated rings. The Morgan fingerprint density at radius 1 is 1.22 bits per heavy atom. The van der Waals surface area contributed by atoms with Crippen LogP contribution in [0.1, 0.15) is 12.5 Å². The predicted molar refractivity (Wildman–Crippen MR) is 105 cm³/mol. The van der Waals surface area contributed by atoms with Crippen LogP contribution in [0.4, 0.5) is 0 Å². The van der Waals surface area contributed by atoms with Gasteiger partial charge in [-0.15, -0.1) is 0 Å². The number of halogens is 2. The van der Waals surface area contributed by atoms with E-state index in [1.807, 2.05) is 24.3 Å². The molecule has 1 aliphatic heterocycles. The molecule has 8 heteroatoms. The van der Waals surface area contributed by atoms with Crippen molar-refractivity contribution in [2.75, 3.05) is 13.4 Å². The van der Waals surface area contributed by atoms with Crippen LogP contribution in [-0.2, 0) is 4.79 Å². The van der Waals surface area contributed by atoms with Crippen LogP contribution in [0.3, 0.4) is 0 Å². The van der Waals surface area contributed by atoms with Gasteiger partial charge in [0.2, 0.25) is 6.79 Å². The number of fused-ring (bicyclic) bond motifs is 1. The molecule has 0 atom stereocenters. The third-order valence-corrected chi connectivity index (χ3v) is 4.05. The molecule has 3 rings (SSSR count). The number of allylic oxidation sites excluding steroid dienone is 1. The summed E-state index contributed by atoms with van der Waals surface area (Å²) in [5.74, 6) is 1.40. The van der Waals surface area contributed by atoms with Crippen molar-refractivity contribution in [3.63, 3.8) is 0 Å². The van der Waals surface area contributed by atoms with Gasteiger partial charge in [-0.3, -0.25) is 4.79 Å². The maximum Gasteiger partial charge on any atom is 0.277 e. The summed E-state index contributed by atoms with van der Waals surface area (Å²) in [7, 11) is 0. The highest BCUT2D eigenvalue weighted by atomic mass is 35.5. The fourth-order valence-corrected chi connectivity index (χ4v) is 2.65. The normalized spacial score (nSPS) is 13.1. The number of nitrogens with one attached hydrogen (secondary N) is 1. The molecule has 0 spiro atoms. The van der Waals surface area contributed by atoms with Gasteiger partial charge in [-0.2, -0.15) is 5.10 Å². The molecule has 1 amide bonds. The van der Waals surface area contributed by atoms with E-state index in [0.717, 1.165) is 11.3 Å². The van der Waals surface area contributed by atoms with Crippen LogP contribution < -0.4 is 19.6 Å². The molecule has 1 aliphatic rings. The summed E-state index contributed by atoms with van der Waals surface area (Å²) in [6.07, 6.45) is 3.63. The number of hydrogen-bond acceptors (Lipinski definition) is 5. The van der Waals surface area contributed by atoms with Crippen molar-refractivity contribution < 1.29 is 19.0 Å². The Morgan fingerprint density at radius 2 is 2.04 bits per heavy atom. The molecule has 27 heavy (non-hydrogen) atoms. The van der Waals surface area contributed by atoms with E-state index in [4.69, 9.17) is 37.4 Å². The first-order valence-electron chi connectivity index (χ1n) is 8.00. The molecule has 0 radical (unpaired) electrons. The third-order valence-electron chi connectivity index (χ3n) is 3.52. The first-order chi connectivity index (χ1) is 13.0. The number of rotatable bonds is 6. The van der Waals surface area contributed by atoms with E-state index in [2.05, 4.69) is 10.5 Å². The number of ether oxygens (including phenoxy) is 3. The van der Waals surface area contributed by atoms with Gasteiger partial charge in [0.05, 0.1) is 10.7 Å². The highest BCUT2D eigenvalue weighted by Gasteiger charge is 2.12. The Hall–Kier alpha value is -2.70. The van der Waals surface area contributed by atoms with Gasteiger partial charge >= 0.3 is 0 Å². The highest BCUT2D eigenvalue weighted by Crippen LogP contribution is 2.32. The molecule has 0 aliphatic carbocycles. The van der Waals surface area contributed by atoms with E-state index in [0.29, 0.717) is 27.3 Å². The molecule has 140 valence electrons. The minimum absolute atomic E-state index is 0.218. The smallest absolute Gasteiger partial charge is 0.277 e. The average Bonchev–Trinajstić information content (AvgIpc) is 3.11. The van der Waals surface area contributed by atoms with Gasteiger partial charge in [0.1, 0.15) is 5.75 Å². The Kier molecular flexibility index (Phi) is 6.21. The van der Waals surface area contributed by atoms with Crippen molar-refractivity contribution in [3.05, 3.63) is 58.1 Å². The fraction of sp³-hybridized carbons (Fsp3) is 0.158. The maximum atomic E-state index is 11.8. The zero-order chi connectivity index (χ0) is 19.2. The number of hydrogen-bond donors (Lipinski definition) is 1. The number of hydrazone groups is 1. The van der Waals surface area contributed by atoms with Crippen molar-refractivity contribution in [2.45, 2.75) is 6.92 Å². The van der Waals surface area contributed by atoms with Gasteiger partial charge in [0.25, 0.3) is 5.91 Å². The van der Waals surface area contributed by atoms with Crippen molar-refractivity contribution in [2.24, 2.45) is 5.10 Å². The lowest BCUT2D eigenvalue weighted by Gasteiger charge is -2.07. The van der Waals surface area contributed by atoms with Crippen LogP contribution >= 0.6 is 23.2 Å². The van der Waals surface area contributed by atoms with Crippen LogP contribution in [0.2, 0.25) is 10.0 Å². The van der Waals surface area contributed by atoms with Gasteiger partial charge in [-0.05, 0) is 48.9 Å². The van der Waals surface area contributed by atoms with Crippen molar-refractivity contribution in [1.29, 1.82) is 0 Å². The molecule has 0 saturated heterocycles. The maximum absolute atomic E-state index is 11.8. The molecule has 0 bridgehead atoms. The lowest BCUT2D eigenvalue weighted by atomic mass is 10.2. The molecule has 0 aromatic heterocycles. The zero-order valence-corrected chi connectivity index (χ0v) is 15.9. The molecule has 1 N–H and O–H groups in total. The monoisotopic (exact) mass is 406 g/mol. The number of carbonyl (C=O) groups is 1. The Bertz CT molecular complexity index is 913. The minimum Gasteiger partial charge on any atom is -0.482 e. The quantitative estimate of drug-likeness (QED) is 0.573. The number of amides is 1. The number of benzene rings is 2. The summed E-state index contributed by atoms with van der Waals surface area (Å²) in [6, 6.07) is 10.4. The fourth-order valence-electron chi connectivity index (χ4n) is 2.19. The van der Waals surface area contributed by atoms with Crippen LogP contribution in [-0.4, -0.2) is 25.0 Å². The Balaban J connectivity index is 1.50. The molecule has 6 nitrogen and oxygen atoms in total. The lowest BCUT2D eigenvalue weighted by Crippen LogP contribution is -2.25. The summed E-state index contributed by atoms with van der Waals surface area (Å²) in [4.78, 5) is 11.8. The molecule has 2 aromatic rings.